The molecule has 1 aromatic rings. The SMILES string of the molecule is CCCNC(CC(F)(F)F)c1ccc2c(c1)CCO2. The van der Waals surface area contributed by atoms with Gasteiger partial charge in [-0.15, -0.1) is 0 Å². The number of hydrogen-bond acceptors (Lipinski definition) is 2. The zero-order chi connectivity index (χ0) is 13.9. The molecular weight excluding hydrogens is 255 g/mol. The molecule has 5 heteroatoms. The number of nitrogens with one attached hydrogen (secondary N) is 1. The first kappa shape index (κ1) is 14.2. The standard InChI is InChI=1S/C14H18F3NO/c1-2-6-18-12(9-14(15,16)17)10-3-4-13-11(8-10)5-7-19-13/h3-4,8,12,18H,2,5-7,9H2,1H3. The van der Waals surface area contributed by atoms with Gasteiger partial charge in [0.1, 0.15) is 5.75 Å². The number of fused-ring (bicyclic) bond motifs is 1. The van der Waals surface area contributed by atoms with Crippen LogP contribution in [0.5, 0.6) is 5.75 Å². The van der Waals surface area contributed by atoms with Crippen molar-refractivity contribution in [3.63, 3.8) is 0 Å². The summed E-state index contributed by atoms with van der Waals surface area (Å²) in [6.45, 7) is 3.13. The van der Waals surface area contributed by atoms with E-state index in [1.54, 1.807) is 12.1 Å². The summed E-state index contributed by atoms with van der Waals surface area (Å²) in [5.74, 6) is 0.796. The molecule has 1 heterocycles. The van der Waals surface area contributed by atoms with Crippen molar-refractivity contribution in [3.8, 4) is 5.75 Å². The second-order valence-corrected chi connectivity index (χ2v) is 4.79. The molecule has 2 rings (SSSR count). The molecule has 1 aliphatic heterocycles. The van der Waals surface area contributed by atoms with Crippen LogP contribution in [-0.4, -0.2) is 19.3 Å². The van der Waals surface area contributed by atoms with Gasteiger partial charge in [-0.1, -0.05) is 19.1 Å². The molecule has 0 saturated carbocycles. The third-order valence-electron chi connectivity index (χ3n) is 3.19. The van der Waals surface area contributed by atoms with E-state index in [0.717, 1.165) is 24.2 Å². The van der Waals surface area contributed by atoms with Crippen LogP contribution >= 0.6 is 0 Å². The average Bonchev–Trinajstić information content (AvgIpc) is 2.80. The average molecular weight is 273 g/mol. The van der Waals surface area contributed by atoms with Crippen LogP contribution in [0.4, 0.5) is 13.2 Å². The molecule has 0 saturated heterocycles. The second kappa shape index (κ2) is 5.82. The van der Waals surface area contributed by atoms with E-state index in [2.05, 4.69) is 5.32 Å². The van der Waals surface area contributed by atoms with E-state index in [0.29, 0.717) is 18.7 Å². The quantitative estimate of drug-likeness (QED) is 0.884. The largest absolute Gasteiger partial charge is 0.493 e. The molecule has 0 aliphatic carbocycles. The first-order valence-electron chi connectivity index (χ1n) is 6.55. The lowest BCUT2D eigenvalue weighted by atomic mass is 10.00. The Morgan fingerprint density at radius 1 is 1.37 bits per heavy atom. The maximum absolute atomic E-state index is 12.6. The Morgan fingerprint density at radius 3 is 2.84 bits per heavy atom. The molecule has 1 aliphatic rings. The first-order chi connectivity index (χ1) is 8.99. The topological polar surface area (TPSA) is 21.3 Å². The molecule has 19 heavy (non-hydrogen) atoms. The molecule has 106 valence electrons. The third-order valence-corrected chi connectivity index (χ3v) is 3.19. The summed E-state index contributed by atoms with van der Waals surface area (Å²) < 4.78 is 43.3. The van der Waals surface area contributed by atoms with E-state index in [1.165, 1.54) is 0 Å². The maximum Gasteiger partial charge on any atom is 0.390 e. The van der Waals surface area contributed by atoms with Gasteiger partial charge in [0.2, 0.25) is 0 Å². The molecular formula is C14H18F3NO. The maximum atomic E-state index is 12.6. The number of halogens is 3. The van der Waals surface area contributed by atoms with Gasteiger partial charge in [0, 0.05) is 12.5 Å². The van der Waals surface area contributed by atoms with Crippen LogP contribution < -0.4 is 10.1 Å². The number of alkyl halides is 3. The molecule has 0 fully saturated rings. The van der Waals surface area contributed by atoms with Crippen molar-refractivity contribution < 1.29 is 17.9 Å². The van der Waals surface area contributed by atoms with Gasteiger partial charge in [0.05, 0.1) is 13.0 Å². The van der Waals surface area contributed by atoms with Gasteiger partial charge in [-0.2, -0.15) is 13.2 Å². The molecule has 1 N–H and O–H groups in total. The Kier molecular flexibility index (Phi) is 4.34. The molecule has 2 nitrogen and oxygen atoms in total. The van der Waals surface area contributed by atoms with Gasteiger partial charge in [-0.25, -0.2) is 0 Å². The fourth-order valence-electron chi connectivity index (χ4n) is 2.28. The normalized spacial score (nSPS) is 16.0. The molecule has 0 aromatic heterocycles. The highest BCUT2D eigenvalue weighted by Crippen LogP contribution is 2.33. The lowest BCUT2D eigenvalue weighted by molar-refractivity contribution is -0.140. The van der Waals surface area contributed by atoms with Gasteiger partial charge in [0.15, 0.2) is 0 Å². The van der Waals surface area contributed by atoms with E-state index >= 15 is 0 Å². The van der Waals surface area contributed by atoms with Crippen LogP contribution in [0.15, 0.2) is 18.2 Å². The monoisotopic (exact) mass is 273 g/mol. The van der Waals surface area contributed by atoms with E-state index in [4.69, 9.17) is 4.74 Å². The van der Waals surface area contributed by atoms with Gasteiger partial charge in [-0.3, -0.25) is 0 Å². The Morgan fingerprint density at radius 2 is 2.16 bits per heavy atom. The molecule has 0 amide bonds. The summed E-state index contributed by atoms with van der Waals surface area (Å²) in [7, 11) is 0. The minimum Gasteiger partial charge on any atom is -0.493 e. The summed E-state index contributed by atoms with van der Waals surface area (Å²) >= 11 is 0. The lowest BCUT2D eigenvalue weighted by Gasteiger charge is -2.21. The van der Waals surface area contributed by atoms with Crippen LogP contribution in [0.3, 0.4) is 0 Å². The lowest BCUT2D eigenvalue weighted by Crippen LogP contribution is -2.27. The summed E-state index contributed by atoms with van der Waals surface area (Å²) in [5, 5.41) is 2.97. The highest BCUT2D eigenvalue weighted by molar-refractivity contribution is 5.40. The number of ether oxygens (including phenoxy) is 1. The van der Waals surface area contributed by atoms with Gasteiger partial charge < -0.3 is 10.1 Å². The second-order valence-electron chi connectivity index (χ2n) is 4.79. The molecule has 1 aromatic carbocycles. The van der Waals surface area contributed by atoms with Crippen LogP contribution in [0, 0.1) is 0 Å². The third kappa shape index (κ3) is 3.86. The van der Waals surface area contributed by atoms with Gasteiger partial charge >= 0.3 is 6.18 Å². The van der Waals surface area contributed by atoms with Crippen LogP contribution in [0.25, 0.3) is 0 Å². The van der Waals surface area contributed by atoms with Crippen molar-refractivity contribution in [2.75, 3.05) is 13.2 Å². The van der Waals surface area contributed by atoms with Crippen molar-refractivity contribution in [2.45, 2.75) is 38.4 Å². The van der Waals surface area contributed by atoms with Crippen molar-refractivity contribution >= 4 is 0 Å². The van der Waals surface area contributed by atoms with Crippen LogP contribution in [-0.2, 0) is 6.42 Å². The minimum absolute atomic E-state index is 0.578. The number of benzene rings is 1. The van der Waals surface area contributed by atoms with Crippen molar-refractivity contribution in [1.82, 2.24) is 5.32 Å². The van der Waals surface area contributed by atoms with E-state index in [9.17, 15) is 13.2 Å². The van der Waals surface area contributed by atoms with Gasteiger partial charge in [-0.05, 0) is 30.2 Å². The fraction of sp³-hybridized carbons (Fsp3) is 0.571. The Hall–Kier alpha value is -1.23. The molecule has 0 bridgehead atoms. The Labute approximate surface area is 111 Å². The summed E-state index contributed by atoms with van der Waals surface area (Å²) in [6, 6.07) is 4.66. The first-order valence-corrected chi connectivity index (χ1v) is 6.55. The van der Waals surface area contributed by atoms with Crippen LogP contribution in [0.2, 0.25) is 0 Å². The van der Waals surface area contributed by atoms with Crippen LogP contribution in [0.1, 0.15) is 36.9 Å². The minimum atomic E-state index is -4.17. The predicted molar refractivity (Wildman–Crippen MR) is 67.3 cm³/mol. The highest BCUT2D eigenvalue weighted by Gasteiger charge is 2.32. The zero-order valence-corrected chi connectivity index (χ0v) is 10.9. The highest BCUT2D eigenvalue weighted by atomic mass is 19.4. The Balaban J connectivity index is 2.17. The van der Waals surface area contributed by atoms with E-state index in [1.807, 2.05) is 13.0 Å². The summed E-state index contributed by atoms with van der Waals surface area (Å²) in [5.41, 5.74) is 1.69. The molecule has 0 spiro atoms. The van der Waals surface area contributed by atoms with Crippen molar-refractivity contribution in [2.24, 2.45) is 0 Å². The van der Waals surface area contributed by atoms with Crippen molar-refractivity contribution in [3.05, 3.63) is 29.3 Å². The smallest absolute Gasteiger partial charge is 0.390 e. The van der Waals surface area contributed by atoms with E-state index < -0.39 is 18.6 Å². The summed E-state index contributed by atoms with van der Waals surface area (Å²) in [4.78, 5) is 0. The van der Waals surface area contributed by atoms with Gasteiger partial charge in [0.25, 0.3) is 0 Å². The molecule has 1 atom stereocenters. The van der Waals surface area contributed by atoms with Crippen molar-refractivity contribution in [1.29, 1.82) is 0 Å². The number of rotatable bonds is 5. The fourth-order valence-corrected chi connectivity index (χ4v) is 2.28. The zero-order valence-electron chi connectivity index (χ0n) is 10.9. The predicted octanol–water partition coefficient (Wildman–Crippen LogP) is 3.61. The molecule has 1 unspecified atom stereocenters. The molecule has 0 radical (unpaired) electrons. The number of hydrogen-bond donors (Lipinski definition) is 1. The Bertz CT molecular complexity index is 431. The summed E-state index contributed by atoms with van der Waals surface area (Å²) in [6.07, 6.45) is -3.42. The van der Waals surface area contributed by atoms with E-state index in [-0.39, 0.29) is 0 Å².